The number of nitrogens with one attached hydrogen (secondary N) is 9. The van der Waals surface area contributed by atoms with E-state index >= 15 is 0 Å². The Morgan fingerprint density at radius 3 is 0.808 bits per heavy atom. The zero-order valence-corrected chi connectivity index (χ0v) is 46.6. The predicted octanol–water partition coefficient (Wildman–Crippen LogP) is 0.650. The predicted molar refractivity (Wildman–Crippen MR) is 317 cm³/mol. The fraction of sp³-hybridized carbons (Fsp3) is 0.673. The van der Waals surface area contributed by atoms with Crippen molar-refractivity contribution < 1.29 is 4.79 Å². The molecule has 0 spiro atoms. The number of ketones is 1. The first-order valence-corrected chi connectivity index (χ1v) is 28.5. The van der Waals surface area contributed by atoms with Gasteiger partial charge in [0, 0.05) is 65.3 Å². The van der Waals surface area contributed by atoms with Crippen LogP contribution in [0.2, 0.25) is 0 Å². The molecule has 1 heterocycles. The van der Waals surface area contributed by atoms with Crippen LogP contribution in [0, 0.1) is 0 Å². The number of aliphatic imine (C=N–C) groups is 1. The van der Waals surface area contributed by atoms with Gasteiger partial charge in [0.2, 0.25) is 0 Å². The van der Waals surface area contributed by atoms with Crippen molar-refractivity contribution in [3.05, 3.63) is 81.8 Å². The molecule has 0 amide bonds. The third kappa shape index (κ3) is 17.4. The van der Waals surface area contributed by atoms with Crippen molar-refractivity contribution in [3.8, 4) is 0 Å². The minimum atomic E-state index is -0.508. The van der Waals surface area contributed by atoms with Gasteiger partial charge in [-0.1, -0.05) is 19.3 Å². The van der Waals surface area contributed by atoms with Crippen LogP contribution >= 0.6 is 0 Å². The number of anilines is 8. The standard InChI is InChI=1S/C55H86N14O9/c1-66-28-10-20-56-37-36-38(70)39(37)57-21-11-29-67(2)31-15-25-63-46-47(55(78)54(46)77)65-27-17-35-69(4)33-14-23-61-43-41(49(72)51(43)74)59-19-9-7-5-6-8-18-58-40-42(50(73)48(40)71)60-22-13-32-68(3)34-16-26-64-45-44(52(75)53(45)76)62-24-12-30-66/h37,56,58-65H,5-36H2,1-4H3. The van der Waals surface area contributed by atoms with Crippen LogP contribution in [0.25, 0.3) is 0 Å². The van der Waals surface area contributed by atoms with Gasteiger partial charge in [0.1, 0.15) is 45.5 Å². The highest BCUT2D eigenvalue weighted by molar-refractivity contribution is 6.48. The Balaban J connectivity index is 0.918. The van der Waals surface area contributed by atoms with Gasteiger partial charge in [-0.15, -0.1) is 0 Å². The second-order valence-corrected chi connectivity index (χ2v) is 21.3. The number of carbonyl (C=O) groups is 1. The van der Waals surface area contributed by atoms with E-state index in [1.807, 2.05) is 21.1 Å². The van der Waals surface area contributed by atoms with Gasteiger partial charge in [0.25, 0.3) is 43.4 Å². The molecule has 2 aliphatic rings. The molecule has 1 atom stereocenters. The summed E-state index contributed by atoms with van der Waals surface area (Å²) in [5.41, 5.74) is -0.689. The van der Waals surface area contributed by atoms with Crippen LogP contribution in [-0.4, -0.2) is 183 Å². The minimum Gasteiger partial charge on any atom is -0.380 e. The molecule has 0 radical (unpaired) electrons. The van der Waals surface area contributed by atoms with Gasteiger partial charge in [-0.25, -0.2) is 0 Å². The average Bonchev–Trinajstić information content (AvgIpc) is 3.50. The van der Waals surface area contributed by atoms with Crippen molar-refractivity contribution in [1.29, 1.82) is 0 Å². The number of hydrogen-bond donors (Lipinski definition) is 9. The van der Waals surface area contributed by atoms with E-state index in [-0.39, 0.29) is 11.8 Å². The maximum absolute atomic E-state index is 12.4. The van der Waals surface area contributed by atoms with E-state index in [1.165, 1.54) is 0 Å². The first kappa shape index (κ1) is 61.1. The molecule has 78 heavy (non-hydrogen) atoms. The molecular formula is C55H86N14O9. The topological polar surface area (TPSA) is 287 Å². The number of hydrogen-bond acceptors (Lipinski definition) is 23. The number of carbonyl (C=O) groups excluding carboxylic acids is 1. The lowest BCUT2D eigenvalue weighted by atomic mass is 9.88. The fourth-order valence-electron chi connectivity index (χ4n) is 9.93. The average molecular weight is 1090 g/mol. The van der Waals surface area contributed by atoms with Gasteiger partial charge in [0.05, 0.1) is 11.8 Å². The third-order valence-corrected chi connectivity index (χ3v) is 14.8. The molecule has 1 aliphatic carbocycles. The van der Waals surface area contributed by atoms with Crippen LogP contribution in [-0.2, 0) is 4.79 Å². The second-order valence-electron chi connectivity index (χ2n) is 21.3. The number of Topliss-reactive ketones (excluding diaryl/α,β-unsaturated/α-hetero) is 1. The Hall–Kier alpha value is -6.14. The molecule has 23 nitrogen and oxygen atoms in total. The normalized spacial score (nSPS) is 21.2. The Labute approximate surface area is 456 Å². The molecule has 6 rings (SSSR count). The summed E-state index contributed by atoms with van der Waals surface area (Å²) >= 11 is 0. The van der Waals surface area contributed by atoms with Crippen LogP contribution in [0.15, 0.2) is 43.3 Å². The summed E-state index contributed by atoms with van der Waals surface area (Å²) in [4.78, 5) is 125. The Morgan fingerprint density at radius 2 is 0.538 bits per heavy atom. The molecule has 9 N–H and O–H groups in total. The molecule has 1 unspecified atom stereocenters. The summed E-state index contributed by atoms with van der Waals surface area (Å²) in [6.07, 6.45) is 11.2. The van der Waals surface area contributed by atoms with E-state index in [2.05, 4.69) is 79.5 Å². The smallest absolute Gasteiger partial charge is 0.253 e. The lowest BCUT2D eigenvalue weighted by molar-refractivity contribution is -0.115. The zero-order valence-electron chi connectivity index (χ0n) is 46.6. The Morgan fingerprint density at radius 1 is 0.308 bits per heavy atom. The van der Waals surface area contributed by atoms with E-state index < -0.39 is 43.4 Å². The highest BCUT2D eigenvalue weighted by Gasteiger charge is 2.34. The third-order valence-electron chi connectivity index (χ3n) is 14.8. The summed E-state index contributed by atoms with van der Waals surface area (Å²) in [7, 11) is 8.08. The quantitative estimate of drug-likeness (QED) is 0.109. The second kappa shape index (κ2) is 31.5. The molecule has 0 aromatic heterocycles. The van der Waals surface area contributed by atoms with E-state index in [1.54, 1.807) is 0 Å². The molecule has 430 valence electrons. The molecule has 23 heteroatoms. The van der Waals surface area contributed by atoms with Crippen LogP contribution in [0.3, 0.4) is 0 Å². The van der Waals surface area contributed by atoms with Crippen LogP contribution in [0.1, 0.15) is 89.9 Å². The van der Waals surface area contributed by atoms with Crippen LogP contribution in [0.4, 0.5) is 45.5 Å². The van der Waals surface area contributed by atoms with Gasteiger partial charge >= 0.3 is 0 Å². The van der Waals surface area contributed by atoms with Crippen molar-refractivity contribution >= 4 is 57.0 Å². The van der Waals surface area contributed by atoms with E-state index in [0.717, 1.165) is 142 Å². The highest BCUT2D eigenvalue weighted by atomic mass is 16.2. The summed E-state index contributed by atoms with van der Waals surface area (Å²) in [6.45, 7) is 12.0. The highest BCUT2D eigenvalue weighted by Crippen LogP contribution is 2.19. The van der Waals surface area contributed by atoms with Gasteiger partial charge in [-0.2, -0.15) is 0 Å². The molecule has 1 saturated carbocycles. The van der Waals surface area contributed by atoms with E-state index in [9.17, 15) is 43.2 Å². The summed E-state index contributed by atoms with van der Waals surface area (Å²) in [5.74, 6) is 0.0887. The summed E-state index contributed by atoms with van der Waals surface area (Å²) in [5, 5.41) is 28.7. The molecule has 4 aromatic rings. The van der Waals surface area contributed by atoms with Crippen molar-refractivity contribution in [3.63, 3.8) is 0 Å². The summed E-state index contributed by atoms with van der Waals surface area (Å²) in [6, 6.07) is -0.0225. The number of rotatable bonds is 0. The van der Waals surface area contributed by atoms with Crippen molar-refractivity contribution in [1.82, 2.24) is 24.9 Å². The fourth-order valence-corrected chi connectivity index (χ4v) is 9.93. The monoisotopic (exact) mass is 1090 g/mol. The largest absolute Gasteiger partial charge is 0.380 e. The molecule has 0 bridgehead atoms. The van der Waals surface area contributed by atoms with Gasteiger partial charge in [0.15, 0.2) is 5.78 Å². The van der Waals surface area contributed by atoms with E-state index in [4.69, 9.17) is 0 Å². The van der Waals surface area contributed by atoms with Crippen molar-refractivity contribution in [2.45, 2.75) is 95.9 Å². The molecule has 1 aliphatic heterocycles. The van der Waals surface area contributed by atoms with Gasteiger partial charge in [-0.05, 0) is 151 Å². The molecule has 1 fully saturated rings. The Bertz CT molecular complexity index is 2870. The van der Waals surface area contributed by atoms with Gasteiger partial charge in [-0.3, -0.25) is 48.1 Å². The van der Waals surface area contributed by atoms with Gasteiger partial charge < -0.3 is 67.5 Å². The number of nitrogens with zero attached hydrogens (tertiary/aromatic N) is 5. The lowest BCUT2D eigenvalue weighted by Gasteiger charge is -2.28. The first-order chi connectivity index (χ1) is 37.7. The van der Waals surface area contributed by atoms with Crippen molar-refractivity contribution in [2.24, 2.45) is 4.99 Å². The number of fused-ring (bicyclic) bond motifs is 5. The molecule has 0 saturated heterocycles. The molecular weight excluding hydrogens is 1000 g/mol. The lowest BCUT2D eigenvalue weighted by Crippen LogP contribution is -2.52. The van der Waals surface area contributed by atoms with Crippen LogP contribution in [0.5, 0.6) is 0 Å². The van der Waals surface area contributed by atoms with E-state index in [0.29, 0.717) is 117 Å². The Kier molecular flexibility index (Phi) is 24.6. The maximum atomic E-state index is 12.4. The van der Waals surface area contributed by atoms with Crippen LogP contribution < -0.4 is 91.3 Å². The minimum absolute atomic E-state index is 0.0225. The van der Waals surface area contributed by atoms with Crippen molar-refractivity contribution in [2.75, 3.05) is 189 Å². The molecule has 4 aromatic carbocycles. The first-order valence-electron chi connectivity index (χ1n) is 28.5. The summed E-state index contributed by atoms with van der Waals surface area (Å²) < 4.78 is 0. The zero-order chi connectivity index (χ0) is 56.0. The maximum Gasteiger partial charge on any atom is 0.253 e. The SMILES string of the molecule is CN1CCCN=C2C(=O)CC2NCCCN(C)CCCNc2c(c(=O)c2=O)NCCCN(C)CCCNc2c(c(=O)c2=O)NCCCCCCCNc2c(c(=O)c2=O)NCCCN(C)CCCNc2c(c(=O)c2=O)NCCC1.